The number of H-pyrrole nitrogens is 1. The second kappa shape index (κ2) is 7.49. The van der Waals surface area contributed by atoms with Gasteiger partial charge in [-0.3, -0.25) is 4.79 Å². The number of sulfonamides is 1. The predicted molar refractivity (Wildman–Crippen MR) is 109 cm³/mol. The second-order valence-electron chi connectivity index (χ2n) is 7.04. The van der Waals surface area contributed by atoms with E-state index in [9.17, 15) is 13.2 Å². The van der Waals surface area contributed by atoms with E-state index >= 15 is 0 Å². The lowest BCUT2D eigenvalue weighted by Crippen LogP contribution is -2.48. The van der Waals surface area contributed by atoms with Gasteiger partial charge in [0, 0.05) is 37.9 Å². The molecule has 1 aliphatic heterocycles. The summed E-state index contributed by atoms with van der Waals surface area (Å²) in [5.74, 6) is 0.286. The monoisotopic (exact) mass is 414 g/mol. The van der Waals surface area contributed by atoms with Gasteiger partial charge in [0.1, 0.15) is 5.69 Å². The van der Waals surface area contributed by atoms with Crippen LogP contribution in [0.2, 0.25) is 0 Å². The van der Waals surface area contributed by atoms with Crippen LogP contribution in [0.4, 0.5) is 5.69 Å². The minimum absolute atomic E-state index is 0.124. The predicted octanol–water partition coefficient (Wildman–Crippen LogP) is 2.16. The summed E-state index contributed by atoms with van der Waals surface area (Å²) < 4.78 is 33.0. The molecule has 2 aromatic heterocycles. The Morgan fingerprint density at radius 1 is 1.00 bits per heavy atom. The maximum Gasteiger partial charge on any atom is 0.276 e. The first-order valence-electron chi connectivity index (χ1n) is 9.33. The SMILES string of the molecule is Cc1cccc(N2CCN(S(=O)(=O)c3ccc(-c4ccc(=O)[nH]n4)o3)CC2)c1C. The highest BCUT2D eigenvalue weighted by molar-refractivity contribution is 7.89. The Kier molecular flexibility index (Phi) is 5.01. The van der Waals surface area contributed by atoms with Crippen LogP contribution in [0.15, 0.2) is 56.8 Å². The van der Waals surface area contributed by atoms with Gasteiger partial charge in [0.25, 0.3) is 15.6 Å². The van der Waals surface area contributed by atoms with Crippen LogP contribution in [0.5, 0.6) is 0 Å². The number of anilines is 1. The summed E-state index contributed by atoms with van der Waals surface area (Å²) in [6.45, 7) is 6.14. The lowest BCUT2D eigenvalue weighted by molar-refractivity contribution is 0.363. The average Bonchev–Trinajstić information content (AvgIpc) is 3.22. The summed E-state index contributed by atoms with van der Waals surface area (Å²) in [5.41, 5.74) is 3.61. The molecule has 0 atom stereocenters. The highest BCUT2D eigenvalue weighted by Crippen LogP contribution is 2.27. The molecule has 0 amide bonds. The Labute approximate surface area is 168 Å². The third-order valence-electron chi connectivity index (χ3n) is 5.26. The number of aryl methyl sites for hydroxylation is 1. The molecule has 152 valence electrons. The van der Waals surface area contributed by atoms with Crippen molar-refractivity contribution in [2.45, 2.75) is 18.9 Å². The molecule has 3 aromatic rings. The fraction of sp³-hybridized carbons (Fsp3) is 0.300. The lowest BCUT2D eigenvalue weighted by Gasteiger charge is -2.35. The molecule has 0 radical (unpaired) electrons. The van der Waals surface area contributed by atoms with Crippen LogP contribution < -0.4 is 10.5 Å². The molecular formula is C20H22N4O4S. The van der Waals surface area contributed by atoms with E-state index < -0.39 is 10.0 Å². The van der Waals surface area contributed by atoms with Gasteiger partial charge >= 0.3 is 0 Å². The molecule has 0 spiro atoms. The van der Waals surface area contributed by atoms with Gasteiger partial charge in [-0.05, 0) is 49.2 Å². The van der Waals surface area contributed by atoms with Gasteiger partial charge in [-0.15, -0.1) is 0 Å². The van der Waals surface area contributed by atoms with Crippen molar-refractivity contribution in [3.05, 3.63) is 63.9 Å². The van der Waals surface area contributed by atoms with Gasteiger partial charge in [-0.1, -0.05) is 12.1 Å². The summed E-state index contributed by atoms with van der Waals surface area (Å²) in [7, 11) is -3.74. The van der Waals surface area contributed by atoms with Crippen molar-refractivity contribution in [1.82, 2.24) is 14.5 Å². The van der Waals surface area contributed by atoms with E-state index in [-0.39, 0.29) is 16.4 Å². The molecule has 9 heteroatoms. The maximum atomic E-state index is 13.0. The molecule has 0 bridgehead atoms. The molecule has 0 saturated carbocycles. The topological polar surface area (TPSA) is 99.5 Å². The maximum absolute atomic E-state index is 13.0. The smallest absolute Gasteiger partial charge is 0.276 e. The lowest BCUT2D eigenvalue weighted by atomic mass is 10.1. The highest BCUT2D eigenvalue weighted by atomic mass is 32.2. The van der Waals surface area contributed by atoms with Crippen LogP contribution in [-0.4, -0.2) is 49.1 Å². The van der Waals surface area contributed by atoms with E-state index in [2.05, 4.69) is 41.1 Å². The number of hydrogen-bond donors (Lipinski definition) is 1. The molecule has 29 heavy (non-hydrogen) atoms. The number of aromatic amines is 1. The third kappa shape index (κ3) is 3.70. The van der Waals surface area contributed by atoms with Crippen molar-refractivity contribution < 1.29 is 12.8 Å². The van der Waals surface area contributed by atoms with Crippen molar-refractivity contribution in [2.75, 3.05) is 31.1 Å². The molecule has 1 aliphatic rings. The summed E-state index contributed by atoms with van der Waals surface area (Å²) >= 11 is 0. The van der Waals surface area contributed by atoms with Gasteiger partial charge in [-0.2, -0.15) is 9.40 Å². The van der Waals surface area contributed by atoms with Gasteiger partial charge in [0.2, 0.25) is 5.09 Å². The quantitative estimate of drug-likeness (QED) is 0.702. The molecule has 1 fully saturated rings. The van der Waals surface area contributed by atoms with E-state index in [1.807, 2.05) is 6.07 Å². The van der Waals surface area contributed by atoms with Crippen LogP contribution >= 0.6 is 0 Å². The minimum atomic E-state index is -3.74. The molecule has 4 rings (SSSR count). The Morgan fingerprint density at radius 3 is 2.45 bits per heavy atom. The van der Waals surface area contributed by atoms with Crippen LogP contribution in [0.3, 0.4) is 0 Å². The number of furan rings is 1. The number of rotatable bonds is 4. The molecule has 8 nitrogen and oxygen atoms in total. The van der Waals surface area contributed by atoms with Crippen molar-refractivity contribution in [3.8, 4) is 11.5 Å². The molecule has 0 aliphatic carbocycles. The van der Waals surface area contributed by atoms with E-state index in [4.69, 9.17) is 4.42 Å². The summed E-state index contributed by atoms with van der Waals surface area (Å²) in [4.78, 5) is 13.4. The third-order valence-corrected chi connectivity index (χ3v) is 7.04. The van der Waals surface area contributed by atoms with Gasteiger partial charge in [0.15, 0.2) is 5.76 Å². The zero-order chi connectivity index (χ0) is 20.6. The molecule has 1 saturated heterocycles. The number of hydrogen-bond acceptors (Lipinski definition) is 6. The van der Waals surface area contributed by atoms with Gasteiger partial charge in [-0.25, -0.2) is 13.5 Å². The van der Waals surface area contributed by atoms with Crippen LogP contribution in [-0.2, 0) is 10.0 Å². The van der Waals surface area contributed by atoms with E-state index in [0.29, 0.717) is 31.9 Å². The Balaban J connectivity index is 1.50. The first kappa shape index (κ1) is 19.4. The summed E-state index contributed by atoms with van der Waals surface area (Å²) in [6, 6.07) is 11.9. The normalized spacial score (nSPS) is 15.6. The number of piperazine rings is 1. The molecule has 1 aromatic carbocycles. The summed E-state index contributed by atoms with van der Waals surface area (Å²) in [6.07, 6.45) is 0. The van der Waals surface area contributed by atoms with Crippen molar-refractivity contribution in [1.29, 1.82) is 0 Å². The highest BCUT2D eigenvalue weighted by Gasteiger charge is 2.31. The van der Waals surface area contributed by atoms with Crippen molar-refractivity contribution >= 4 is 15.7 Å². The number of benzene rings is 1. The van der Waals surface area contributed by atoms with Crippen molar-refractivity contribution in [2.24, 2.45) is 0 Å². The molecule has 0 unspecified atom stereocenters. The zero-order valence-corrected chi connectivity index (χ0v) is 17.1. The fourth-order valence-electron chi connectivity index (χ4n) is 3.45. The van der Waals surface area contributed by atoms with Gasteiger partial charge < -0.3 is 9.32 Å². The molecule has 3 heterocycles. The summed E-state index contributed by atoms with van der Waals surface area (Å²) in [5, 5.41) is 6.05. The molecule has 1 N–H and O–H groups in total. The second-order valence-corrected chi connectivity index (χ2v) is 8.90. The van der Waals surface area contributed by atoms with Crippen LogP contribution in [0.1, 0.15) is 11.1 Å². The zero-order valence-electron chi connectivity index (χ0n) is 16.3. The largest absolute Gasteiger partial charge is 0.442 e. The number of nitrogens with zero attached hydrogens (tertiary/aromatic N) is 3. The Morgan fingerprint density at radius 2 is 1.76 bits per heavy atom. The first-order valence-corrected chi connectivity index (χ1v) is 10.8. The van der Waals surface area contributed by atoms with E-state index in [0.717, 1.165) is 5.69 Å². The van der Waals surface area contributed by atoms with Gasteiger partial charge in [0.05, 0.1) is 0 Å². The van der Waals surface area contributed by atoms with E-state index in [1.54, 1.807) is 6.07 Å². The number of aromatic nitrogens is 2. The minimum Gasteiger partial charge on any atom is -0.442 e. The Hall–Kier alpha value is -2.91. The van der Waals surface area contributed by atoms with Crippen LogP contribution in [0.25, 0.3) is 11.5 Å². The van der Waals surface area contributed by atoms with E-state index in [1.165, 1.54) is 33.6 Å². The standard InChI is InChI=1S/C20H22N4O4S/c1-14-4-3-5-17(15(14)2)23-10-12-24(13-11-23)29(26,27)20-9-7-18(28-20)16-6-8-19(25)22-21-16/h3-9H,10-13H2,1-2H3,(H,22,25). The molecular weight excluding hydrogens is 392 g/mol. The number of nitrogens with one attached hydrogen (secondary N) is 1. The van der Waals surface area contributed by atoms with Crippen LogP contribution in [0, 0.1) is 13.8 Å². The first-order chi connectivity index (χ1) is 13.9. The average molecular weight is 414 g/mol. The fourth-order valence-corrected chi connectivity index (χ4v) is 4.79. The Bertz CT molecular complexity index is 1170. The van der Waals surface area contributed by atoms with Crippen molar-refractivity contribution in [3.63, 3.8) is 0 Å².